The maximum atomic E-state index is 9.89. The van der Waals surface area contributed by atoms with Gasteiger partial charge in [-0.3, -0.25) is 0 Å². The predicted molar refractivity (Wildman–Crippen MR) is 622 cm³/mol. The van der Waals surface area contributed by atoms with E-state index < -0.39 is 145 Å². The van der Waals surface area contributed by atoms with Crippen molar-refractivity contribution >= 4 is 199 Å². The summed E-state index contributed by atoms with van der Waals surface area (Å²) in [6, 6.07) is 63.5. The third kappa shape index (κ3) is 13.6. The van der Waals surface area contributed by atoms with E-state index in [4.69, 9.17) is 83.5 Å². The van der Waals surface area contributed by atoms with Crippen LogP contribution in [0.3, 0.4) is 0 Å². The summed E-state index contributed by atoms with van der Waals surface area (Å²) in [6.45, 7) is 0. The van der Waals surface area contributed by atoms with Crippen molar-refractivity contribution in [3.63, 3.8) is 0 Å². The highest BCUT2D eigenvalue weighted by Gasteiger charge is 2.29. The van der Waals surface area contributed by atoms with Gasteiger partial charge in [0, 0.05) is 160 Å². The Kier molecular flexibility index (Phi) is 12.8. The summed E-state index contributed by atoms with van der Waals surface area (Å²) in [5.74, 6) is 3.63. The molecular weight excluding hydrogens is 1870 g/mol. The zero-order chi connectivity index (χ0) is 130. The maximum Gasteiger partial charge on any atom is 0.164 e. The number of hydrogen-bond donors (Lipinski definition) is 0. The molecule has 21 aromatic carbocycles. The first-order valence-electron chi connectivity index (χ1n) is 65.4. The molecule has 0 bridgehead atoms. The van der Waals surface area contributed by atoms with Crippen LogP contribution in [0, 0.1) is 0 Å². The molecule has 150 heavy (non-hydrogen) atoms. The molecule has 0 N–H and O–H groups in total. The van der Waals surface area contributed by atoms with E-state index in [-0.39, 0.29) is 261 Å². The lowest BCUT2D eigenvalue weighted by atomic mass is 9.96. The molecule has 13 nitrogen and oxygen atoms in total. The van der Waals surface area contributed by atoms with Gasteiger partial charge in [-0.25, -0.2) is 44.9 Å². The van der Waals surface area contributed by atoms with Gasteiger partial charge < -0.3 is 17.6 Å². The molecule has 0 fully saturated rings. The minimum absolute atomic E-state index is 0.00122. The van der Waals surface area contributed by atoms with E-state index in [0.29, 0.717) is 90.5 Å². The Balaban J connectivity index is 0.000000118. The van der Waals surface area contributed by atoms with Crippen molar-refractivity contribution in [2.75, 3.05) is 0 Å². The summed E-state index contributed by atoms with van der Waals surface area (Å²) in [6.07, 6.45) is 0. The summed E-state index contributed by atoms with van der Waals surface area (Å²) in [5, 5.41) is 1.43. The summed E-state index contributed by atoms with van der Waals surface area (Å²) < 4.78 is 337. The minimum atomic E-state index is -0.567. The smallest absolute Gasteiger partial charge is 0.164 e. The second-order valence-electron chi connectivity index (χ2n) is 35.7. The Morgan fingerprint density at radius 2 is 0.520 bits per heavy atom. The van der Waals surface area contributed by atoms with Crippen molar-refractivity contribution in [1.29, 1.82) is 0 Å². The molecule has 0 radical (unpaired) electrons. The minimum Gasteiger partial charge on any atom is -0.455 e. The van der Waals surface area contributed by atoms with E-state index >= 15 is 0 Å². The van der Waals surface area contributed by atoms with Crippen LogP contribution in [-0.2, 0) is 0 Å². The van der Waals surface area contributed by atoms with Gasteiger partial charge in [0.25, 0.3) is 0 Å². The Hall–Kier alpha value is -19.7. The van der Waals surface area contributed by atoms with Gasteiger partial charge in [0.2, 0.25) is 0 Å². The molecule has 0 atom stereocenters. The van der Waals surface area contributed by atoms with Crippen LogP contribution in [0.5, 0.6) is 0 Å². The second kappa shape index (κ2) is 34.0. The molecule has 0 aliphatic heterocycles. The van der Waals surface area contributed by atoms with Crippen LogP contribution in [-0.4, -0.2) is 58.1 Å². The number of fused-ring (bicyclic) bond motifs is 29. The van der Waals surface area contributed by atoms with Gasteiger partial charge >= 0.3 is 0 Å². The van der Waals surface area contributed by atoms with Gasteiger partial charge in [-0.2, -0.15) is 0 Å². The largest absolute Gasteiger partial charge is 0.455 e. The number of nitrogens with zero attached hydrogens (tertiary/aromatic N) is 12. The molecule has 33 rings (SSSR count). The Morgan fingerprint density at radius 1 is 0.193 bits per heavy atom. The third-order valence-corrected chi connectivity index (χ3v) is 29.2. The topological polar surface area (TPSA) is 142 Å². The number of thiophene rings is 2. The highest BCUT2D eigenvalue weighted by molar-refractivity contribution is 7.27. The lowest BCUT2D eigenvalue weighted by molar-refractivity contribution is 0.673. The van der Waals surface area contributed by atoms with E-state index in [1.807, 2.05) is 194 Å². The Bertz CT molecular complexity index is 13500. The number of benzene rings is 21. The lowest BCUT2D eigenvalue weighted by Gasteiger charge is -2.10. The molecule has 33 aromatic rings. The van der Waals surface area contributed by atoms with Crippen LogP contribution in [0.25, 0.3) is 312 Å². The molecule has 696 valence electrons. The SMILES string of the molecule is [2H]c1c(-c2cccc(-c3nc(-c4ccccc4)nc(-c4ccccc4)n3)c2)c([2H])c2c(sc3c([2H])c4c5c([2H])c([2H])c([2H])c6c7c([2H])c([2H])c([2H])c([2H])c7n(c4c([2H])c32)c65)c1[2H].[2H]c1c(-c2cccc(-c3nc(-c4ccccc4)nc(-c4ccccc4)n3)c2)c([2H])c2c(sc3c2c([2H])c2c4c([2H])c([2H])c([2H])c([2H])c4n4c5c([2H])c([2H])c([2H])c([2H])c5c3c24)c1[2H].[2H]c1c([2H])c(-c2cccc(-c3nc(-c4ccccc4)nc(-c4ccccc4)n3)c2)c2c(oc3c2c([2H])c2c4c([2H])c([2H])c([2H])c([2H])c4n4c5c([2H])c([2H])c([2H])c([2H])c5c3c24)c1[2H]. The molecular formula is C135H78N12OS2. The first-order valence-corrected chi connectivity index (χ1v) is 49.1. The zero-order valence-corrected chi connectivity index (χ0v) is 79.0. The molecule has 0 amide bonds. The van der Waals surface area contributed by atoms with Gasteiger partial charge in [0.05, 0.1) is 104 Å². The van der Waals surface area contributed by atoms with Gasteiger partial charge in [0.1, 0.15) is 11.2 Å². The lowest BCUT2D eigenvalue weighted by Crippen LogP contribution is -2.00. The van der Waals surface area contributed by atoms with Crippen LogP contribution in [0.15, 0.2) is 477 Å². The standard InChI is InChI=1S/C45H26N4O.2C45H26N4S/c1-3-13-27(14-4-1)43-46-44(28-15-5-2-6-16-28)48-45(47-43)30-18-11-17-29(25-30)31-21-12-24-38-39(31)35-26-34-32-19-7-9-22-36(32)49-37-23-10-8-20-33(37)40(41(34)49)42(35)50-38;1-3-12-27(13-4-1)43-46-44(28-14-5-2-6-15-28)48-45(47-43)31-17-11-16-29(24-31)30-22-23-39-34(25-30)36-26-35-32-18-7-9-20-37(32)49-38-21-10-8-19-33(38)40(41(35)49)42(36)50-39;1-3-11-27(12-4-1)43-46-44(28-13-5-2-6-14-28)48-45(47-43)31-16-9-15-29(23-31)30-21-22-40-36(24-30)37-25-39-35(26-41(37)50-40)34-19-10-18-33-32-17-7-8-20-38(32)49(39)42(33)34/h3*1-26H/i7D,8D,9D,10D,12D,19D,20D,21D,22D,23D,24D,26D;7D,8D,9D,10D,18D,19D,20D,21D,22D,23D,25D,26D;7D,8D,10D,17D,18D,19D,20D,21D,22D,24D,25D,26D. The molecule has 0 aliphatic rings. The van der Waals surface area contributed by atoms with Crippen molar-refractivity contribution in [2.24, 2.45) is 0 Å². The van der Waals surface area contributed by atoms with Crippen molar-refractivity contribution in [3.8, 4) is 136 Å². The maximum absolute atomic E-state index is 9.89. The molecule has 0 spiro atoms. The van der Waals surface area contributed by atoms with Crippen LogP contribution < -0.4 is 0 Å². The summed E-state index contributed by atoms with van der Waals surface area (Å²) in [7, 11) is 0. The van der Waals surface area contributed by atoms with Gasteiger partial charge in [-0.15, -0.1) is 22.7 Å². The van der Waals surface area contributed by atoms with E-state index in [9.17, 15) is 15.1 Å². The molecule has 15 heteroatoms. The van der Waals surface area contributed by atoms with Crippen LogP contribution in [0.2, 0.25) is 0 Å². The molecule has 0 unspecified atom stereocenters. The second-order valence-corrected chi connectivity index (χ2v) is 37.7. The van der Waals surface area contributed by atoms with E-state index in [1.54, 1.807) is 60.7 Å². The van der Waals surface area contributed by atoms with Crippen LogP contribution in [0.4, 0.5) is 0 Å². The fourth-order valence-electron chi connectivity index (χ4n) is 20.4. The van der Waals surface area contributed by atoms with Crippen molar-refractivity contribution in [1.82, 2.24) is 58.1 Å². The molecule has 0 saturated heterocycles. The van der Waals surface area contributed by atoms with Crippen molar-refractivity contribution < 1.29 is 53.8 Å². The quantitative estimate of drug-likeness (QED) is 0.116. The molecule has 0 saturated carbocycles. The van der Waals surface area contributed by atoms with Gasteiger partial charge in [-0.05, 0) is 136 Å². The molecule has 12 heterocycles. The zero-order valence-electron chi connectivity index (χ0n) is 113. The number of rotatable bonds is 12. The Labute approximate surface area is 914 Å². The van der Waals surface area contributed by atoms with Crippen LogP contribution in [0.1, 0.15) is 49.3 Å². The normalized spacial score (nSPS) is 15.4. The van der Waals surface area contributed by atoms with E-state index in [2.05, 4.69) is 0 Å². The fourth-order valence-corrected chi connectivity index (χ4v) is 22.5. The van der Waals surface area contributed by atoms with Gasteiger partial charge in [-0.1, -0.05) is 370 Å². The van der Waals surface area contributed by atoms with Gasteiger partial charge in [0.15, 0.2) is 52.4 Å². The fraction of sp³-hybridized carbons (Fsp3) is 0. The highest BCUT2D eigenvalue weighted by atomic mass is 32.1. The first-order chi connectivity index (χ1) is 89.4. The van der Waals surface area contributed by atoms with Crippen molar-refractivity contribution in [2.45, 2.75) is 0 Å². The third-order valence-electron chi connectivity index (χ3n) is 27.1. The average molecular weight is 1980 g/mol. The highest BCUT2D eigenvalue weighted by Crippen LogP contribution is 2.53. The van der Waals surface area contributed by atoms with Crippen molar-refractivity contribution in [3.05, 3.63) is 472 Å². The summed E-state index contributed by atoms with van der Waals surface area (Å²) in [4.78, 5) is 43.4. The van der Waals surface area contributed by atoms with Crippen LogP contribution >= 0.6 is 22.7 Å². The number of para-hydroxylation sites is 6. The van der Waals surface area contributed by atoms with E-state index in [0.717, 1.165) is 56.1 Å². The average Bonchev–Trinajstić information content (AvgIpc) is 1.49. The monoisotopic (exact) mass is 1980 g/mol. The number of aromatic nitrogens is 12. The summed E-state index contributed by atoms with van der Waals surface area (Å²) >= 11 is 2.02. The van der Waals surface area contributed by atoms with E-state index in [1.165, 1.54) is 13.2 Å². The number of furan rings is 1. The Morgan fingerprint density at radius 3 is 0.973 bits per heavy atom. The molecule has 12 aromatic heterocycles. The first kappa shape index (κ1) is 56.5. The summed E-state index contributed by atoms with van der Waals surface area (Å²) in [5.41, 5.74) is 7.86. The predicted octanol–water partition coefficient (Wildman–Crippen LogP) is 35.7. The number of hydrogen-bond acceptors (Lipinski definition) is 12. The molecule has 0 aliphatic carbocycles.